The van der Waals surface area contributed by atoms with Crippen LogP contribution in [0, 0.1) is 13.8 Å². The van der Waals surface area contributed by atoms with E-state index >= 15 is 0 Å². The van der Waals surface area contributed by atoms with E-state index in [0.717, 1.165) is 39.1 Å². The number of aromatic nitrogens is 5. The first kappa shape index (κ1) is 27.3. The summed E-state index contributed by atoms with van der Waals surface area (Å²) >= 11 is 0. The average Bonchev–Trinajstić information content (AvgIpc) is 3.60. The molecule has 0 spiro atoms. The van der Waals surface area contributed by atoms with Gasteiger partial charge in [-0.05, 0) is 117 Å². The Labute approximate surface area is 233 Å². The molecule has 40 heavy (non-hydrogen) atoms. The summed E-state index contributed by atoms with van der Waals surface area (Å²) in [6.07, 6.45) is 1.66. The van der Waals surface area contributed by atoms with Crippen LogP contribution < -0.4 is 10.3 Å². The van der Waals surface area contributed by atoms with Crippen molar-refractivity contribution in [1.82, 2.24) is 30.1 Å². The first-order valence-corrected chi connectivity index (χ1v) is 13.5. The Balaban J connectivity index is 1.70. The van der Waals surface area contributed by atoms with Gasteiger partial charge in [-0.25, -0.2) is 4.68 Å². The molecular formula is C31H36N6O3. The van der Waals surface area contributed by atoms with Crippen LogP contribution in [0.5, 0.6) is 5.75 Å². The molecule has 2 aromatic carbocycles. The third-order valence-electron chi connectivity index (χ3n) is 7.08. The number of rotatable bonds is 9. The van der Waals surface area contributed by atoms with Crippen molar-refractivity contribution in [1.29, 1.82) is 0 Å². The van der Waals surface area contributed by atoms with Crippen LogP contribution in [0.2, 0.25) is 0 Å². The Morgan fingerprint density at radius 2 is 1.80 bits per heavy atom. The molecule has 0 fully saturated rings. The Hall–Kier alpha value is -4.24. The lowest BCUT2D eigenvalue weighted by molar-refractivity contribution is 0.171. The third kappa shape index (κ3) is 5.70. The van der Waals surface area contributed by atoms with Gasteiger partial charge in [-0.15, -0.1) is 5.10 Å². The lowest BCUT2D eigenvalue weighted by Gasteiger charge is -2.32. The van der Waals surface area contributed by atoms with Crippen molar-refractivity contribution >= 4 is 10.9 Å². The minimum absolute atomic E-state index is 0.180. The highest BCUT2D eigenvalue weighted by atomic mass is 16.5. The smallest absolute Gasteiger partial charge is 0.253 e. The molecule has 0 saturated heterocycles. The molecule has 0 unspecified atom stereocenters. The second-order valence-corrected chi connectivity index (χ2v) is 11.2. The fourth-order valence-corrected chi connectivity index (χ4v) is 4.97. The number of nitrogens with one attached hydrogen (secondary N) is 1. The highest BCUT2D eigenvalue weighted by Gasteiger charge is 2.34. The van der Waals surface area contributed by atoms with Gasteiger partial charge in [0.25, 0.3) is 5.56 Å². The average molecular weight is 541 g/mol. The number of aromatic amines is 1. The van der Waals surface area contributed by atoms with Crippen molar-refractivity contribution in [2.24, 2.45) is 0 Å². The fraction of sp³-hybridized carbons (Fsp3) is 0.355. The zero-order valence-electron chi connectivity index (χ0n) is 23.9. The number of ether oxygens (including phenoxy) is 1. The van der Waals surface area contributed by atoms with E-state index < -0.39 is 11.6 Å². The highest BCUT2D eigenvalue weighted by Crippen LogP contribution is 2.32. The maximum atomic E-state index is 13.8. The Morgan fingerprint density at radius 1 is 1.05 bits per heavy atom. The van der Waals surface area contributed by atoms with E-state index in [0.29, 0.717) is 31.1 Å². The topological polar surface area (TPSA) is 102 Å². The molecule has 0 bridgehead atoms. The van der Waals surface area contributed by atoms with Crippen molar-refractivity contribution in [3.8, 4) is 5.75 Å². The van der Waals surface area contributed by atoms with Gasteiger partial charge in [0.05, 0.1) is 25.0 Å². The molecule has 3 aromatic heterocycles. The van der Waals surface area contributed by atoms with Crippen molar-refractivity contribution in [3.63, 3.8) is 0 Å². The summed E-state index contributed by atoms with van der Waals surface area (Å²) in [6.45, 7) is 13.8. The molecule has 5 rings (SSSR count). The molecule has 3 heterocycles. The lowest BCUT2D eigenvalue weighted by atomic mass is 9.99. The van der Waals surface area contributed by atoms with Gasteiger partial charge < -0.3 is 14.1 Å². The molecule has 9 nitrogen and oxygen atoms in total. The Bertz CT molecular complexity index is 1650. The van der Waals surface area contributed by atoms with Crippen molar-refractivity contribution in [3.05, 3.63) is 105 Å². The number of benzene rings is 2. The van der Waals surface area contributed by atoms with Gasteiger partial charge >= 0.3 is 0 Å². The van der Waals surface area contributed by atoms with Gasteiger partial charge in [-0.2, -0.15) is 0 Å². The standard InChI is InChI=1S/C31H36N6O3/c1-7-39-24-12-10-22(11-13-24)18-36(19-25-9-8-14-40-25)28(29-33-34-35-37(29)31(4,5)6)26-17-23-15-20(2)21(3)16-27(23)32-30(26)38/h8-17,28H,7,18-19H2,1-6H3,(H,32,38)/t28-/m0/s1. The number of fused-ring (bicyclic) bond motifs is 1. The molecule has 1 N–H and O–H groups in total. The number of hydrogen-bond donors (Lipinski definition) is 1. The summed E-state index contributed by atoms with van der Waals surface area (Å²) in [4.78, 5) is 19.1. The first-order chi connectivity index (χ1) is 19.1. The van der Waals surface area contributed by atoms with Crippen LogP contribution in [0.15, 0.2) is 70.1 Å². The predicted molar refractivity (Wildman–Crippen MR) is 154 cm³/mol. The van der Waals surface area contributed by atoms with Gasteiger partial charge in [0.15, 0.2) is 5.82 Å². The fourth-order valence-electron chi connectivity index (χ4n) is 4.97. The summed E-state index contributed by atoms with van der Waals surface area (Å²) in [6, 6.07) is 17.3. The number of nitrogens with zero attached hydrogens (tertiary/aromatic N) is 5. The minimum Gasteiger partial charge on any atom is -0.494 e. The molecule has 0 saturated carbocycles. The maximum absolute atomic E-state index is 13.8. The van der Waals surface area contributed by atoms with E-state index in [4.69, 9.17) is 9.15 Å². The minimum atomic E-state index is -0.569. The Morgan fingerprint density at radius 3 is 2.48 bits per heavy atom. The molecule has 9 heteroatoms. The van der Waals surface area contributed by atoms with Crippen LogP contribution in [0.3, 0.4) is 0 Å². The summed E-state index contributed by atoms with van der Waals surface area (Å²) in [5.41, 5.74) is 4.11. The van der Waals surface area contributed by atoms with Crippen LogP contribution in [-0.2, 0) is 18.6 Å². The van der Waals surface area contributed by atoms with Crippen LogP contribution in [0.1, 0.15) is 67.6 Å². The van der Waals surface area contributed by atoms with Crippen LogP contribution in [0.4, 0.5) is 0 Å². The molecule has 0 aliphatic carbocycles. The number of aryl methyl sites for hydroxylation is 2. The van der Waals surface area contributed by atoms with E-state index in [1.54, 1.807) is 10.9 Å². The maximum Gasteiger partial charge on any atom is 0.253 e. The van der Waals surface area contributed by atoms with Gasteiger partial charge in [-0.1, -0.05) is 12.1 Å². The molecule has 208 valence electrons. The zero-order valence-corrected chi connectivity index (χ0v) is 23.9. The van der Waals surface area contributed by atoms with Crippen molar-refractivity contribution in [2.75, 3.05) is 6.61 Å². The van der Waals surface area contributed by atoms with Gasteiger partial charge in [0.2, 0.25) is 0 Å². The van der Waals surface area contributed by atoms with E-state index in [1.807, 2.05) is 83.1 Å². The predicted octanol–water partition coefficient (Wildman–Crippen LogP) is 5.67. The molecule has 0 amide bonds. The van der Waals surface area contributed by atoms with Crippen molar-refractivity contribution in [2.45, 2.75) is 66.2 Å². The Kier molecular flexibility index (Phi) is 7.58. The third-order valence-corrected chi connectivity index (χ3v) is 7.08. The summed E-state index contributed by atoms with van der Waals surface area (Å²) in [7, 11) is 0. The highest BCUT2D eigenvalue weighted by molar-refractivity contribution is 5.81. The van der Waals surface area contributed by atoms with E-state index in [-0.39, 0.29) is 5.56 Å². The van der Waals surface area contributed by atoms with Gasteiger partial charge in [0, 0.05) is 17.6 Å². The molecule has 5 aromatic rings. The second-order valence-electron chi connectivity index (χ2n) is 11.2. The van der Waals surface area contributed by atoms with Crippen LogP contribution in [-0.4, -0.2) is 36.7 Å². The largest absolute Gasteiger partial charge is 0.494 e. The first-order valence-electron chi connectivity index (χ1n) is 13.5. The van der Waals surface area contributed by atoms with Crippen molar-refractivity contribution < 1.29 is 9.15 Å². The lowest BCUT2D eigenvalue weighted by Crippen LogP contribution is -2.37. The molecule has 0 aliphatic heterocycles. The quantitative estimate of drug-likeness (QED) is 0.257. The number of furan rings is 1. The molecular weight excluding hydrogens is 504 g/mol. The van der Waals surface area contributed by atoms with Crippen LogP contribution in [0.25, 0.3) is 10.9 Å². The van der Waals surface area contributed by atoms with E-state index in [2.05, 4.69) is 38.4 Å². The number of pyridine rings is 1. The van der Waals surface area contributed by atoms with Gasteiger partial charge in [-0.3, -0.25) is 9.69 Å². The number of hydrogen-bond acceptors (Lipinski definition) is 7. The van der Waals surface area contributed by atoms with E-state index in [1.165, 1.54) is 0 Å². The second kappa shape index (κ2) is 11.1. The SMILES string of the molecule is CCOc1ccc(CN(Cc2ccco2)[C@@H](c2cc3cc(C)c(C)cc3[nH]c2=O)c2nnnn2C(C)(C)C)cc1. The summed E-state index contributed by atoms with van der Waals surface area (Å²) < 4.78 is 13.2. The normalized spacial score (nSPS) is 12.8. The zero-order chi connectivity index (χ0) is 28.4. The molecule has 0 aliphatic rings. The molecule has 0 radical (unpaired) electrons. The van der Waals surface area contributed by atoms with E-state index in [9.17, 15) is 4.79 Å². The number of H-pyrrole nitrogens is 1. The van der Waals surface area contributed by atoms with Crippen LogP contribution >= 0.6 is 0 Å². The molecule has 1 atom stereocenters. The summed E-state index contributed by atoms with van der Waals surface area (Å²) in [5.74, 6) is 2.17. The summed E-state index contributed by atoms with van der Waals surface area (Å²) in [5, 5.41) is 13.9. The number of tetrazole rings is 1. The van der Waals surface area contributed by atoms with Gasteiger partial charge in [0.1, 0.15) is 17.6 Å². The monoisotopic (exact) mass is 540 g/mol.